The Labute approximate surface area is 121 Å². The molecule has 0 radical (unpaired) electrons. The standard InChI is InChI=1S/C17H32NP/c1-11-5-6-13(11)10-18-12(2)16(3)9-15(19)17(16,4)14-7-8-14/h11-15,18H,5-10,19H2,1-4H3. The monoisotopic (exact) mass is 281 g/mol. The summed E-state index contributed by atoms with van der Waals surface area (Å²) in [6.07, 6.45) is 7.24. The van der Waals surface area contributed by atoms with Crippen LogP contribution in [-0.4, -0.2) is 18.2 Å². The molecule has 2 heteroatoms. The topological polar surface area (TPSA) is 12.0 Å². The predicted octanol–water partition coefficient (Wildman–Crippen LogP) is 4.08. The fraction of sp³-hybridized carbons (Fsp3) is 1.00. The van der Waals surface area contributed by atoms with Crippen LogP contribution in [0, 0.1) is 28.6 Å². The van der Waals surface area contributed by atoms with Crippen molar-refractivity contribution < 1.29 is 0 Å². The molecule has 110 valence electrons. The number of rotatable bonds is 5. The smallest absolute Gasteiger partial charge is 0.00984 e. The first-order valence-corrected chi connectivity index (χ1v) is 9.05. The minimum atomic E-state index is 0.508. The zero-order chi connectivity index (χ0) is 13.8. The quantitative estimate of drug-likeness (QED) is 0.749. The third-order valence-corrected chi connectivity index (χ3v) is 8.44. The average Bonchev–Trinajstić information content (AvgIpc) is 3.20. The first-order chi connectivity index (χ1) is 8.89. The lowest BCUT2D eigenvalue weighted by Gasteiger charge is -2.64. The van der Waals surface area contributed by atoms with Gasteiger partial charge in [0.25, 0.3) is 0 Å². The largest absolute Gasteiger partial charge is 0.313 e. The van der Waals surface area contributed by atoms with Crippen molar-refractivity contribution in [3.63, 3.8) is 0 Å². The highest BCUT2D eigenvalue weighted by Crippen LogP contribution is 2.69. The van der Waals surface area contributed by atoms with E-state index in [-0.39, 0.29) is 0 Å². The number of nitrogens with one attached hydrogen (secondary N) is 1. The third kappa shape index (κ3) is 2.03. The molecule has 0 spiro atoms. The Kier molecular flexibility index (Phi) is 3.55. The number of hydrogen-bond donors (Lipinski definition) is 1. The van der Waals surface area contributed by atoms with E-state index in [1.165, 1.54) is 38.6 Å². The van der Waals surface area contributed by atoms with Crippen molar-refractivity contribution in [3.05, 3.63) is 0 Å². The van der Waals surface area contributed by atoms with Crippen LogP contribution in [0.15, 0.2) is 0 Å². The van der Waals surface area contributed by atoms with E-state index >= 15 is 0 Å². The van der Waals surface area contributed by atoms with Gasteiger partial charge in [0, 0.05) is 6.04 Å². The number of hydrogen-bond acceptors (Lipinski definition) is 1. The van der Waals surface area contributed by atoms with Crippen LogP contribution >= 0.6 is 9.24 Å². The molecule has 1 N–H and O–H groups in total. The summed E-state index contributed by atoms with van der Waals surface area (Å²) in [5.41, 5.74) is 1.92. The van der Waals surface area contributed by atoms with Gasteiger partial charge in [-0.05, 0) is 73.4 Å². The van der Waals surface area contributed by atoms with Gasteiger partial charge in [0.1, 0.15) is 0 Å². The van der Waals surface area contributed by atoms with E-state index < -0.39 is 0 Å². The van der Waals surface area contributed by atoms with Crippen LogP contribution in [0.3, 0.4) is 0 Å². The van der Waals surface area contributed by atoms with Gasteiger partial charge in [0.2, 0.25) is 0 Å². The molecular formula is C17H32NP. The zero-order valence-corrected chi connectivity index (χ0v) is 14.4. The molecule has 7 atom stereocenters. The second-order valence-electron chi connectivity index (χ2n) is 8.23. The molecule has 0 saturated heterocycles. The summed E-state index contributed by atoms with van der Waals surface area (Å²) in [6, 6.07) is 0.669. The van der Waals surface area contributed by atoms with E-state index in [0.29, 0.717) is 16.9 Å². The molecule has 0 heterocycles. The van der Waals surface area contributed by atoms with Crippen molar-refractivity contribution in [1.82, 2.24) is 5.32 Å². The molecule has 3 rings (SSSR count). The fourth-order valence-corrected chi connectivity index (χ4v) is 6.01. The summed E-state index contributed by atoms with van der Waals surface area (Å²) < 4.78 is 0. The first-order valence-electron chi connectivity index (χ1n) is 8.38. The predicted molar refractivity (Wildman–Crippen MR) is 86.4 cm³/mol. The van der Waals surface area contributed by atoms with E-state index in [1.807, 2.05) is 0 Å². The lowest BCUT2D eigenvalue weighted by Crippen LogP contribution is -2.65. The van der Waals surface area contributed by atoms with E-state index in [9.17, 15) is 0 Å². The lowest BCUT2D eigenvalue weighted by atomic mass is 9.46. The maximum absolute atomic E-state index is 3.91. The van der Waals surface area contributed by atoms with Crippen LogP contribution < -0.4 is 5.32 Å². The fourth-order valence-electron chi connectivity index (χ4n) is 4.87. The molecule has 0 amide bonds. The Morgan fingerprint density at radius 2 is 1.89 bits per heavy atom. The Hall–Kier alpha value is 0.390. The van der Waals surface area contributed by atoms with Gasteiger partial charge in [-0.3, -0.25) is 0 Å². The Balaban J connectivity index is 1.60. The van der Waals surface area contributed by atoms with Crippen LogP contribution in [0.25, 0.3) is 0 Å². The molecule has 3 fully saturated rings. The molecule has 3 aliphatic rings. The van der Waals surface area contributed by atoms with E-state index in [1.54, 1.807) is 0 Å². The minimum Gasteiger partial charge on any atom is -0.313 e. The Morgan fingerprint density at radius 1 is 1.21 bits per heavy atom. The van der Waals surface area contributed by atoms with E-state index in [4.69, 9.17) is 0 Å². The van der Waals surface area contributed by atoms with E-state index in [2.05, 4.69) is 42.3 Å². The summed E-state index contributed by atoms with van der Waals surface area (Å²) in [6.45, 7) is 11.2. The molecule has 0 aromatic rings. The second kappa shape index (κ2) is 4.70. The normalized spacial score (nSPS) is 51.3. The van der Waals surface area contributed by atoms with Crippen molar-refractivity contribution in [3.8, 4) is 0 Å². The van der Waals surface area contributed by atoms with Crippen molar-refractivity contribution in [1.29, 1.82) is 0 Å². The summed E-state index contributed by atoms with van der Waals surface area (Å²) in [5.74, 6) is 2.91. The second-order valence-corrected chi connectivity index (χ2v) is 9.03. The first kappa shape index (κ1) is 14.3. The van der Waals surface area contributed by atoms with Gasteiger partial charge < -0.3 is 5.32 Å². The van der Waals surface area contributed by atoms with Crippen molar-refractivity contribution in [2.45, 2.75) is 71.5 Å². The van der Waals surface area contributed by atoms with Crippen molar-refractivity contribution in [2.75, 3.05) is 6.54 Å². The molecule has 19 heavy (non-hydrogen) atoms. The van der Waals surface area contributed by atoms with Crippen LogP contribution in [0.2, 0.25) is 0 Å². The third-order valence-electron chi connectivity index (χ3n) is 7.51. The van der Waals surface area contributed by atoms with Crippen LogP contribution in [-0.2, 0) is 0 Å². The van der Waals surface area contributed by atoms with Gasteiger partial charge in [-0.25, -0.2) is 0 Å². The Bertz CT molecular complexity index is 349. The average molecular weight is 281 g/mol. The molecule has 0 bridgehead atoms. The van der Waals surface area contributed by atoms with Gasteiger partial charge in [-0.2, -0.15) is 0 Å². The SMILES string of the molecule is CC1CCC1CNC(C)C1(C)CC(P)C1(C)C1CC1. The summed E-state index contributed by atoms with van der Waals surface area (Å²) >= 11 is 0. The highest BCUT2D eigenvalue weighted by Gasteiger charge is 2.65. The summed E-state index contributed by atoms with van der Waals surface area (Å²) in [7, 11) is 3.14. The minimum absolute atomic E-state index is 0.508. The Morgan fingerprint density at radius 3 is 2.32 bits per heavy atom. The molecule has 0 aromatic carbocycles. The van der Waals surface area contributed by atoms with E-state index in [0.717, 1.165) is 23.4 Å². The molecule has 3 aliphatic carbocycles. The van der Waals surface area contributed by atoms with Crippen molar-refractivity contribution in [2.24, 2.45) is 28.6 Å². The summed E-state index contributed by atoms with van der Waals surface area (Å²) in [4.78, 5) is 0. The highest BCUT2D eigenvalue weighted by atomic mass is 31.0. The zero-order valence-electron chi connectivity index (χ0n) is 13.2. The van der Waals surface area contributed by atoms with Crippen LogP contribution in [0.4, 0.5) is 0 Å². The molecular weight excluding hydrogens is 249 g/mol. The highest BCUT2D eigenvalue weighted by molar-refractivity contribution is 7.17. The van der Waals surface area contributed by atoms with Crippen molar-refractivity contribution >= 4 is 9.24 Å². The van der Waals surface area contributed by atoms with Gasteiger partial charge >= 0.3 is 0 Å². The molecule has 0 aromatic heterocycles. The van der Waals surface area contributed by atoms with Gasteiger partial charge in [0.15, 0.2) is 0 Å². The molecule has 0 aliphatic heterocycles. The summed E-state index contributed by atoms with van der Waals surface area (Å²) in [5, 5.41) is 3.91. The molecule has 7 unspecified atom stereocenters. The lowest BCUT2D eigenvalue weighted by molar-refractivity contribution is -0.0862. The van der Waals surface area contributed by atoms with Gasteiger partial charge in [-0.15, -0.1) is 9.24 Å². The van der Waals surface area contributed by atoms with Crippen LogP contribution in [0.5, 0.6) is 0 Å². The maximum atomic E-state index is 3.91. The maximum Gasteiger partial charge on any atom is 0.00984 e. The van der Waals surface area contributed by atoms with Gasteiger partial charge in [0.05, 0.1) is 0 Å². The molecule has 1 nitrogen and oxygen atoms in total. The van der Waals surface area contributed by atoms with Gasteiger partial charge in [-0.1, -0.05) is 27.2 Å². The van der Waals surface area contributed by atoms with Crippen LogP contribution in [0.1, 0.15) is 59.8 Å². The molecule has 3 saturated carbocycles.